The summed E-state index contributed by atoms with van der Waals surface area (Å²) in [5.41, 5.74) is 5.12. The molecule has 0 radical (unpaired) electrons. The van der Waals surface area contributed by atoms with Gasteiger partial charge >= 0.3 is 5.97 Å². The van der Waals surface area contributed by atoms with Gasteiger partial charge in [0.25, 0.3) is 0 Å². The number of hydrogen-bond donors (Lipinski definition) is 3. The van der Waals surface area contributed by atoms with Crippen molar-refractivity contribution in [2.75, 3.05) is 0 Å². The van der Waals surface area contributed by atoms with Crippen LogP contribution in [0.1, 0.15) is 26.2 Å². The first-order valence-electron chi connectivity index (χ1n) is 4.84. The molecule has 1 saturated carbocycles. The summed E-state index contributed by atoms with van der Waals surface area (Å²) in [6.07, 6.45) is 2.35. The van der Waals surface area contributed by atoms with Gasteiger partial charge in [0, 0.05) is 0 Å². The summed E-state index contributed by atoms with van der Waals surface area (Å²) < 4.78 is 0. The topological polar surface area (TPSA) is 92.4 Å². The van der Waals surface area contributed by atoms with Crippen molar-refractivity contribution in [3.8, 4) is 0 Å². The molecule has 1 aliphatic rings. The van der Waals surface area contributed by atoms with Gasteiger partial charge < -0.3 is 10.8 Å². The van der Waals surface area contributed by atoms with Gasteiger partial charge in [-0.05, 0) is 25.2 Å². The van der Waals surface area contributed by atoms with Crippen LogP contribution in [0.4, 0.5) is 0 Å². The van der Waals surface area contributed by atoms with Gasteiger partial charge in [0.05, 0.1) is 6.04 Å². The molecule has 0 spiro atoms. The molecule has 1 rings (SSSR count). The van der Waals surface area contributed by atoms with Crippen molar-refractivity contribution < 1.29 is 14.7 Å². The lowest BCUT2D eigenvalue weighted by Crippen LogP contribution is -2.50. The van der Waals surface area contributed by atoms with Crippen molar-refractivity contribution in [1.82, 2.24) is 5.32 Å². The molecular formula is C9H16N2O3. The predicted octanol–water partition coefficient (Wildman–Crippen LogP) is -0.297. The first-order chi connectivity index (χ1) is 6.56. The molecule has 5 nitrogen and oxygen atoms in total. The molecule has 0 heterocycles. The summed E-state index contributed by atoms with van der Waals surface area (Å²) >= 11 is 0. The molecule has 5 heteroatoms. The summed E-state index contributed by atoms with van der Waals surface area (Å²) in [7, 11) is 0. The largest absolute Gasteiger partial charge is 0.480 e. The van der Waals surface area contributed by atoms with E-state index in [-0.39, 0.29) is 5.92 Å². The van der Waals surface area contributed by atoms with Crippen LogP contribution in [0.2, 0.25) is 0 Å². The summed E-state index contributed by atoms with van der Waals surface area (Å²) in [6.45, 7) is 1.80. The molecule has 2 unspecified atom stereocenters. The highest BCUT2D eigenvalue weighted by Crippen LogP contribution is 2.33. The van der Waals surface area contributed by atoms with Crippen LogP contribution in [0.15, 0.2) is 0 Å². The average molecular weight is 200 g/mol. The molecule has 2 atom stereocenters. The van der Waals surface area contributed by atoms with Gasteiger partial charge in [-0.15, -0.1) is 0 Å². The third-order valence-corrected chi connectivity index (χ3v) is 2.49. The Morgan fingerprint density at radius 1 is 1.57 bits per heavy atom. The highest BCUT2D eigenvalue weighted by Gasteiger charge is 2.37. The second-order valence-electron chi connectivity index (χ2n) is 3.68. The SMILES string of the molecule is CCC(NC(C(=O)O)C1CC1)C(N)=O. The van der Waals surface area contributed by atoms with E-state index in [9.17, 15) is 9.59 Å². The van der Waals surface area contributed by atoms with Crippen LogP contribution in [0, 0.1) is 5.92 Å². The molecule has 0 aromatic carbocycles. The third-order valence-electron chi connectivity index (χ3n) is 2.49. The minimum absolute atomic E-state index is 0.167. The van der Waals surface area contributed by atoms with Crippen LogP contribution in [0.25, 0.3) is 0 Å². The molecule has 1 amide bonds. The number of carbonyl (C=O) groups excluding carboxylic acids is 1. The minimum Gasteiger partial charge on any atom is -0.480 e. The maximum Gasteiger partial charge on any atom is 0.321 e. The lowest BCUT2D eigenvalue weighted by Gasteiger charge is -2.19. The first kappa shape index (κ1) is 11.0. The summed E-state index contributed by atoms with van der Waals surface area (Å²) in [5, 5.41) is 11.7. The predicted molar refractivity (Wildman–Crippen MR) is 50.6 cm³/mol. The van der Waals surface area contributed by atoms with E-state index >= 15 is 0 Å². The number of carbonyl (C=O) groups is 2. The van der Waals surface area contributed by atoms with Crippen LogP contribution in [-0.4, -0.2) is 29.1 Å². The fraction of sp³-hybridized carbons (Fsp3) is 0.778. The van der Waals surface area contributed by atoms with Gasteiger partial charge in [0.15, 0.2) is 0 Å². The third kappa shape index (κ3) is 2.70. The van der Waals surface area contributed by atoms with Gasteiger partial charge in [-0.2, -0.15) is 0 Å². The van der Waals surface area contributed by atoms with Crippen LogP contribution in [-0.2, 0) is 9.59 Å². The van der Waals surface area contributed by atoms with E-state index in [2.05, 4.69) is 5.32 Å². The van der Waals surface area contributed by atoms with Gasteiger partial charge in [-0.25, -0.2) is 0 Å². The Morgan fingerprint density at radius 3 is 2.43 bits per heavy atom. The molecule has 0 saturated heterocycles. The zero-order chi connectivity index (χ0) is 10.7. The Kier molecular flexibility index (Phi) is 3.46. The Bertz CT molecular complexity index is 238. The number of primary amides is 1. The van der Waals surface area contributed by atoms with Gasteiger partial charge in [0.2, 0.25) is 5.91 Å². The lowest BCUT2D eigenvalue weighted by atomic mass is 10.1. The number of nitrogens with two attached hydrogens (primary N) is 1. The van der Waals surface area contributed by atoms with Gasteiger partial charge in [-0.1, -0.05) is 6.92 Å². The van der Waals surface area contributed by atoms with Gasteiger partial charge in [-0.3, -0.25) is 14.9 Å². The fourth-order valence-electron chi connectivity index (χ4n) is 1.46. The van der Waals surface area contributed by atoms with Crippen molar-refractivity contribution >= 4 is 11.9 Å². The zero-order valence-corrected chi connectivity index (χ0v) is 8.19. The van der Waals surface area contributed by atoms with E-state index in [4.69, 9.17) is 10.8 Å². The number of carboxylic acid groups (broad SMARTS) is 1. The number of rotatable bonds is 6. The summed E-state index contributed by atoms with van der Waals surface area (Å²) in [4.78, 5) is 21.7. The molecular weight excluding hydrogens is 184 g/mol. The van der Waals surface area contributed by atoms with E-state index in [1.54, 1.807) is 6.92 Å². The molecule has 0 aromatic rings. The normalized spacial score (nSPS) is 20.1. The van der Waals surface area contributed by atoms with Crippen LogP contribution < -0.4 is 11.1 Å². The molecule has 1 aliphatic carbocycles. The number of nitrogens with one attached hydrogen (secondary N) is 1. The summed E-state index contributed by atoms with van der Waals surface area (Å²) in [5.74, 6) is -1.22. The van der Waals surface area contributed by atoms with E-state index in [1.165, 1.54) is 0 Å². The quantitative estimate of drug-likeness (QED) is 0.549. The summed E-state index contributed by atoms with van der Waals surface area (Å²) in [6, 6.07) is -1.15. The van der Waals surface area contributed by atoms with Gasteiger partial charge in [0.1, 0.15) is 6.04 Å². The van der Waals surface area contributed by atoms with Crippen molar-refractivity contribution in [1.29, 1.82) is 0 Å². The Morgan fingerprint density at radius 2 is 2.14 bits per heavy atom. The second-order valence-corrected chi connectivity index (χ2v) is 3.68. The second kappa shape index (κ2) is 4.41. The standard InChI is InChI=1S/C9H16N2O3/c1-2-6(8(10)12)11-7(9(13)14)5-3-4-5/h5-7,11H,2-4H2,1H3,(H2,10,12)(H,13,14). The zero-order valence-electron chi connectivity index (χ0n) is 8.19. The van der Waals surface area contributed by atoms with Crippen LogP contribution in [0.3, 0.4) is 0 Å². The minimum atomic E-state index is -0.896. The highest BCUT2D eigenvalue weighted by atomic mass is 16.4. The Labute approximate surface area is 82.7 Å². The van der Waals surface area contributed by atoms with Crippen LogP contribution in [0.5, 0.6) is 0 Å². The number of aliphatic carboxylic acids is 1. The van der Waals surface area contributed by atoms with Crippen LogP contribution >= 0.6 is 0 Å². The smallest absolute Gasteiger partial charge is 0.321 e. The van der Waals surface area contributed by atoms with E-state index < -0.39 is 24.0 Å². The van der Waals surface area contributed by atoms with E-state index in [0.29, 0.717) is 6.42 Å². The number of hydrogen-bond acceptors (Lipinski definition) is 3. The molecule has 0 aromatic heterocycles. The number of carboxylic acids is 1. The Hall–Kier alpha value is -1.10. The maximum absolute atomic E-state index is 10.9. The monoisotopic (exact) mass is 200 g/mol. The molecule has 80 valence electrons. The van der Waals surface area contributed by atoms with Crippen molar-refractivity contribution in [3.63, 3.8) is 0 Å². The molecule has 0 bridgehead atoms. The maximum atomic E-state index is 10.9. The molecule has 14 heavy (non-hydrogen) atoms. The van der Waals surface area contributed by atoms with E-state index in [0.717, 1.165) is 12.8 Å². The fourth-order valence-corrected chi connectivity index (χ4v) is 1.46. The highest BCUT2D eigenvalue weighted by molar-refractivity contribution is 5.81. The van der Waals surface area contributed by atoms with Crippen molar-refractivity contribution in [3.05, 3.63) is 0 Å². The molecule has 1 fully saturated rings. The molecule has 4 N–H and O–H groups in total. The number of amides is 1. The first-order valence-corrected chi connectivity index (χ1v) is 4.84. The lowest BCUT2D eigenvalue weighted by molar-refractivity contribution is -0.140. The van der Waals surface area contributed by atoms with Crippen molar-refractivity contribution in [2.45, 2.75) is 38.3 Å². The molecule has 0 aliphatic heterocycles. The van der Waals surface area contributed by atoms with E-state index in [1.807, 2.05) is 0 Å². The average Bonchev–Trinajstić information content (AvgIpc) is 2.88. The van der Waals surface area contributed by atoms with Crippen molar-refractivity contribution in [2.24, 2.45) is 11.7 Å². The Balaban J connectivity index is 2.52.